The van der Waals surface area contributed by atoms with Crippen molar-refractivity contribution < 1.29 is 30.7 Å². The molecule has 3 aromatic rings. The fourth-order valence-electron chi connectivity index (χ4n) is 3.69. The Morgan fingerprint density at radius 2 is 1.91 bits per heavy atom. The van der Waals surface area contributed by atoms with Crippen LogP contribution >= 0.6 is 11.5 Å². The fourth-order valence-corrected chi connectivity index (χ4v) is 5.43. The summed E-state index contributed by atoms with van der Waals surface area (Å²) < 4.78 is 92.0. The largest absolute Gasteiger partial charge is 0.490 e. The van der Waals surface area contributed by atoms with Gasteiger partial charge in [0.2, 0.25) is 5.13 Å². The van der Waals surface area contributed by atoms with Crippen LogP contribution in [0.4, 0.5) is 22.7 Å². The van der Waals surface area contributed by atoms with Crippen LogP contribution in [0.15, 0.2) is 41.6 Å². The fraction of sp³-hybridized carbons (Fsp3) is 0.300. The predicted octanol–water partition coefficient (Wildman–Crippen LogP) is 3.67. The van der Waals surface area contributed by atoms with E-state index < -0.39 is 43.9 Å². The van der Waals surface area contributed by atoms with Crippen molar-refractivity contribution in [3.63, 3.8) is 0 Å². The quantitative estimate of drug-likeness (QED) is 0.479. The maximum Gasteiger partial charge on any atom is 0.266 e. The van der Waals surface area contributed by atoms with Crippen molar-refractivity contribution in [3.05, 3.63) is 65.5 Å². The Hall–Kier alpha value is -2.77. The average molecular weight is 503 g/mol. The van der Waals surface area contributed by atoms with Gasteiger partial charge < -0.3 is 10.1 Å². The molecular formula is C20H18F4N4O3S2. The van der Waals surface area contributed by atoms with E-state index in [-0.39, 0.29) is 23.6 Å². The molecular weight excluding hydrogens is 484 g/mol. The third kappa shape index (κ3) is 5.25. The van der Waals surface area contributed by atoms with Gasteiger partial charge in [-0.05, 0) is 36.6 Å². The van der Waals surface area contributed by atoms with Gasteiger partial charge in [-0.3, -0.25) is 4.72 Å². The third-order valence-corrected chi connectivity index (χ3v) is 7.35. The standard InChI is InChI=1S/C20H18F4N4O3S2/c21-14-2-1-11(5-15(14)22)13-3-4-25-8-12(13)9-31-18-6-17(24)19(7-16(18)23)33(29,30)28-20-26-10-27-32-20/h1-2,5-7,10,12-13,25H,3-4,8-9H2,(H,26,27,28)/t12-,13-/m0/s1. The average Bonchev–Trinajstić information content (AvgIpc) is 3.28. The van der Waals surface area contributed by atoms with Crippen LogP contribution in [-0.4, -0.2) is 37.5 Å². The molecule has 0 amide bonds. The van der Waals surface area contributed by atoms with Crippen LogP contribution in [0.25, 0.3) is 0 Å². The number of anilines is 1. The van der Waals surface area contributed by atoms with Crippen LogP contribution in [0, 0.1) is 29.2 Å². The first kappa shape index (κ1) is 23.4. The molecule has 1 aliphatic heterocycles. The SMILES string of the molecule is O=S(=O)(Nc1ncns1)c1cc(F)c(OC[C@@H]2CNCC[C@H]2c2ccc(F)c(F)c2)cc1F. The van der Waals surface area contributed by atoms with Crippen molar-refractivity contribution in [1.29, 1.82) is 0 Å². The molecule has 2 N–H and O–H groups in total. The molecule has 7 nitrogen and oxygen atoms in total. The maximum atomic E-state index is 14.6. The van der Waals surface area contributed by atoms with Gasteiger partial charge in [0, 0.05) is 36.1 Å². The first-order valence-corrected chi connectivity index (χ1v) is 12.1. The second-order valence-corrected chi connectivity index (χ2v) is 9.84. The second kappa shape index (κ2) is 9.61. The maximum absolute atomic E-state index is 14.6. The summed E-state index contributed by atoms with van der Waals surface area (Å²) in [6, 6.07) is 4.86. The molecule has 0 spiro atoms. The zero-order valence-electron chi connectivity index (χ0n) is 16.9. The van der Waals surface area contributed by atoms with E-state index in [4.69, 9.17) is 4.74 Å². The van der Waals surface area contributed by atoms with E-state index in [1.54, 1.807) is 0 Å². The molecule has 2 heterocycles. The van der Waals surface area contributed by atoms with Crippen molar-refractivity contribution in [2.24, 2.45) is 5.92 Å². The van der Waals surface area contributed by atoms with Crippen LogP contribution in [0.5, 0.6) is 5.75 Å². The second-order valence-electron chi connectivity index (χ2n) is 7.41. The van der Waals surface area contributed by atoms with Gasteiger partial charge in [-0.25, -0.2) is 31.0 Å². The summed E-state index contributed by atoms with van der Waals surface area (Å²) >= 11 is 0.739. The zero-order valence-corrected chi connectivity index (χ0v) is 18.5. The van der Waals surface area contributed by atoms with Gasteiger partial charge in [-0.1, -0.05) is 6.07 Å². The first-order valence-electron chi connectivity index (χ1n) is 9.81. The number of ether oxygens (including phenoxy) is 1. The highest BCUT2D eigenvalue weighted by molar-refractivity contribution is 7.93. The lowest BCUT2D eigenvalue weighted by Gasteiger charge is -2.32. The van der Waals surface area contributed by atoms with E-state index in [2.05, 4.69) is 14.7 Å². The number of piperidine rings is 1. The van der Waals surface area contributed by atoms with Gasteiger partial charge in [-0.15, -0.1) is 0 Å². The molecule has 0 saturated carbocycles. The van der Waals surface area contributed by atoms with Crippen molar-refractivity contribution >= 4 is 26.7 Å². The number of nitrogens with one attached hydrogen (secondary N) is 2. The lowest BCUT2D eigenvalue weighted by Crippen LogP contribution is -2.38. The van der Waals surface area contributed by atoms with Crippen molar-refractivity contribution in [1.82, 2.24) is 14.7 Å². The van der Waals surface area contributed by atoms with Gasteiger partial charge in [0.25, 0.3) is 10.0 Å². The molecule has 0 bridgehead atoms. The molecule has 33 heavy (non-hydrogen) atoms. The smallest absolute Gasteiger partial charge is 0.266 e. The third-order valence-electron chi connectivity index (χ3n) is 5.29. The van der Waals surface area contributed by atoms with E-state index in [9.17, 15) is 26.0 Å². The van der Waals surface area contributed by atoms with Crippen LogP contribution in [0.3, 0.4) is 0 Å². The highest BCUT2D eigenvalue weighted by atomic mass is 32.2. The van der Waals surface area contributed by atoms with Crippen molar-refractivity contribution in [3.8, 4) is 5.75 Å². The van der Waals surface area contributed by atoms with Crippen molar-refractivity contribution in [2.45, 2.75) is 17.2 Å². The number of sulfonamides is 1. The van der Waals surface area contributed by atoms with Gasteiger partial charge in [0.1, 0.15) is 17.0 Å². The predicted molar refractivity (Wildman–Crippen MR) is 113 cm³/mol. The topological polar surface area (TPSA) is 93.2 Å². The normalized spacial score (nSPS) is 18.8. The summed E-state index contributed by atoms with van der Waals surface area (Å²) in [6.07, 6.45) is 1.73. The highest BCUT2D eigenvalue weighted by Gasteiger charge is 2.29. The molecule has 2 aromatic carbocycles. The molecule has 0 radical (unpaired) electrons. The van der Waals surface area contributed by atoms with Gasteiger partial charge in [0.15, 0.2) is 23.2 Å². The summed E-state index contributed by atoms with van der Waals surface area (Å²) in [5.41, 5.74) is 0.583. The van der Waals surface area contributed by atoms with Crippen LogP contribution < -0.4 is 14.8 Å². The Balaban J connectivity index is 1.50. The van der Waals surface area contributed by atoms with Gasteiger partial charge in [0.05, 0.1) is 6.61 Å². The number of hydrogen-bond acceptors (Lipinski definition) is 7. The molecule has 176 valence electrons. The lowest BCUT2D eigenvalue weighted by atomic mass is 9.81. The van der Waals surface area contributed by atoms with Gasteiger partial charge >= 0.3 is 0 Å². The first-order chi connectivity index (χ1) is 15.7. The molecule has 4 rings (SSSR count). The highest BCUT2D eigenvalue weighted by Crippen LogP contribution is 2.33. The van der Waals surface area contributed by atoms with Crippen molar-refractivity contribution in [2.75, 3.05) is 24.4 Å². The van der Waals surface area contributed by atoms with Crippen LogP contribution in [-0.2, 0) is 10.0 Å². The minimum atomic E-state index is -4.43. The number of benzene rings is 2. The Morgan fingerprint density at radius 3 is 2.64 bits per heavy atom. The summed E-state index contributed by atoms with van der Waals surface area (Å²) in [6.45, 7) is 1.06. The molecule has 1 aliphatic rings. The molecule has 0 unspecified atom stereocenters. The molecule has 1 aromatic heterocycles. The Bertz CT molecular complexity index is 1240. The summed E-state index contributed by atoms with van der Waals surface area (Å²) in [4.78, 5) is 2.74. The molecule has 0 aliphatic carbocycles. The molecule has 2 atom stereocenters. The molecule has 1 fully saturated rings. The minimum Gasteiger partial charge on any atom is -0.490 e. The van der Waals surface area contributed by atoms with E-state index in [1.165, 1.54) is 6.07 Å². The monoisotopic (exact) mass is 502 g/mol. The Morgan fingerprint density at radius 1 is 1.09 bits per heavy atom. The number of halogens is 4. The lowest BCUT2D eigenvalue weighted by molar-refractivity contribution is 0.190. The number of hydrogen-bond donors (Lipinski definition) is 2. The van der Waals surface area contributed by atoms with Crippen LogP contribution in [0.2, 0.25) is 0 Å². The number of aromatic nitrogens is 2. The Labute approximate surface area is 191 Å². The summed E-state index contributed by atoms with van der Waals surface area (Å²) in [5.74, 6) is -5.08. The van der Waals surface area contributed by atoms with Gasteiger partial charge in [-0.2, -0.15) is 4.37 Å². The minimum absolute atomic E-state index is 0.0534. The van der Waals surface area contributed by atoms with E-state index in [0.29, 0.717) is 37.2 Å². The van der Waals surface area contributed by atoms with E-state index in [0.717, 1.165) is 30.0 Å². The van der Waals surface area contributed by atoms with E-state index >= 15 is 0 Å². The molecule has 13 heteroatoms. The summed E-state index contributed by atoms with van der Waals surface area (Å²) in [5, 5.41) is 3.07. The molecule has 1 saturated heterocycles. The number of rotatable bonds is 7. The van der Waals surface area contributed by atoms with E-state index in [1.807, 2.05) is 4.72 Å². The Kier molecular flexibility index (Phi) is 6.81. The number of nitrogens with zero attached hydrogens (tertiary/aromatic N) is 2. The zero-order chi connectivity index (χ0) is 23.6. The summed E-state index contributed by atoms with van der Waals surface area (Å²) in [7, 11) is -4.43. The van der Waals surface area contributed by atoms with Crippen LogP contribution in [0.1, 0.15) is 17.9 Å².